The molecule has 2 heterocycles. The molecule has 7 nitrogen and oxygen atoms in total. The van der Waals surface area contributed by atoms with Crippen LogP contribution in [0.2, 0.25) is 0 Å². The molecule has 1 atom stereocenters. The van der Waals surface area contributed by atoms with Gasteiger partial charge in [0.15, 0.2) is 0 Å². The summed E-state index contributed by atoms with van der Waals surface area (Å²) in [4.78, 5) is 30.5. The number of nitrogens with zero attached hydrogens (tertiary/aromatic N) is 4. The third kappa shape index (κ3) is 4.77. The van der Waals surface area contributed by atoms with Crippen LogP contribution in [0.1, 0.15) is 44.7 Å². The summed E-state index contributed by atoms with van der Waals surface area (Å²) in [6, 6.07) is 9.06. The molecule has 4 aromatic rings. The number of Topliss-reactive ketones (excluding diaryl/α,β-unsaturated/α-hetero) is 1. The van der Waals surface area contributed by atoms with E-state index in [1.165, 1.54) is 61.1 Å². The van der Waals surface area contributed by atoms with Crippen molar-refractivity contribution in [3.05, 3.63) is 101 Å². The molecule has 0 spiro atoms. The lowest BCUT2D eigenvalue weighted by Gasteiger charge is -2.19. The Morgan fingerprint density at radius 2 is 1.75 bits per heavy atom. The van der Waals surface area contributed by atoms with Crippen LogP contribution >= 0.6 is 0 Å². The SMILES string of the molecule is Cc1nn(-c2cccc(C(F)(F)F)c2)c(C)c1C(=O)C(=O)NC(c1ccc(F)cc1)c1nccn1C. The third-order valence-corrected chi connectivity index (χ3v) is 5.74. The van der Waals surface area contributed by atoms with E-state index >= 15 is 0 Å². The number of hydrogen-bond donors (Lipinski definition) is 1. The Balaban J connectivity index is 1.67. The minimum Gasteiger partial charge on any atom is -0.336 e. The van der Waals surface area contributed by atoms with Gasteiger partial charge < -0.3 is 9.88 Å². The van der Waals surface area contributed by atoms with Crippen LogP contribution < -0.4 is 5.32 Å². The molecule has 0 saturated heterocycles. The van der Waals surface area contributed by atoms with Gasteiger partial charge in [0.2, 0.25) is 0 Å². The summed E-state index contributed by atoms with van der Waals surface area (Å²) in [6.07, 6.45) is -1.37. The molecule has 186 valence electrons. The zero-order valence-electron chi connectivity index (χ0n) is 19.5. The van der Waals surface area contributed by atoms with Crippen molar-refractivity contribution in [1.82, 2.24) is 24.6 Å². The zero-order valence-corrected chi connectivity index (χ0v) is 19.5. The molecule has 0 fully saturated rings. The molecule has 2 aromatic carbocycles. The van der Waals surface area contributed by atoms with Crippen LogP contribution in [0.3, 0.4) is 0 Å². The van der Waals surface area contributed by atoms with Gasteiger partial charge in [-0.05, 0) is 49.7 Å². The van der Waals surface area contributed by atoms with Crippen molar-refractivity contribution in [2.24, 2.45) is 7.05 Å². The molecule has 2 aromatic heterocycles. The van der Waals surface area contributed by atoms with E-state index in [0.29, 0.717) is 11.4 Å². The summed E-state index contributed by atoms with van der Waals surface area (Å²) in [7, 11) is 1.71. The molecule has 0 aliphatic carbocycles. The fraction of sp³-hybridized carbons (Fsp3) is 0.200. The Morgan fingerprint density at radius 1 is 1.06 bits per heavy atom. The standard InChI is InChI=1S/C25H21F4N5O2/c1-14-20(15(2)34(32-14)19-6-4-5-17(13-19)25(27,28)29)22(35)24(36)31-21(23-30-11-12-33(23)3)16-7-9-18(26)10-8-16/h4-13,21H,1-3H3,(H,31,36). The van der Waals surface area contributed by atoms with E-state index in [9.17, 15) is 27.2 Å². The lowest BCUT2D eigenvalue weighted by Crippen LogP contribution is -2.36. The first-order valence-corrected chi connectivity index (χ1v) is 10.8. The van der Waals surface area contributed by atoms with Gasteiger partial charge in [0, 0.05) is 19.4 Å². The normalized spacial score (nSPS) is 12.4. The van der Waals surface area contributed by atoms with E-state index in [1.54, 1.807) is 17.8 Å². The van der Waals surface area contributed by atoms with Gasteiger partial charge in [0.05, 0.1) is 28.2 Å². The van der Waals surface area contributed by atoms with Crippen molar-refractivity contribution in [3.63, 3.8) is 0 Å². The second kappa shape index (κ2) is 9.40. The van der Waals surface area contributed by atoms with Gasteiger partial charge in [-0.2, -0.15) is 18.3 Å². The Kier molecular flexibility index (Phi) is 6.49. The Labute approximate surface area is 203 Å². The summed E-state index contributed by atoms with van der Waals surface area (Å²) < 4.78 is 55.8. The molecule has 4 rings (SSSR count). The molecular weight excluding hydrogens is 478 g/mol. The number of aryl methyl sites for hydroxylation is 2. The van der Waals surface area contributed by atoms with Crippen molar-refractivity contribution in [2.45, 2.75) is 26.1 Å². The summed E-state index contributed by atoms with van der Waals surface area (Å²) in [6.45, 7) is 2.99. The molecule has 11 heteroatoms. The van der Waals surface area contributed by atoms with Crippen molar-refractivity contribution in [3.8, 4) is 5.69 Å². The van der Waals surface area contributed by atoms with Gasteiger partial charge in [-0.3, -0.25) is 9.59 Å². The van der Waals surface area contributed by atoms with Crippen molar-refractivity contribution >= 4 is 11.7 Å². The summed E-state index contributed by atoms with van der Waals surface area (Å²) in [5.74, 6) is -1.93. The van der Waals surface area contributed by atoms with Gasteiger partial charge in [-0.1, -0.05) is 18.2 Å². The number of halogens is 4. The van der Waals surface area contributed by atoms with E-state index in [0.717, 1.165) is 12.1 Å². The summed E-state index contributed by atoms with van der Waals surface area (Å²) in [5, 5.41) is 6.86. The number of carbonyl (C=O) groups excluding carboxylic acids is 2. The number of aromatic nitrogens is 4. The molecule has 0 bridgehead atoms. The fourth-order valence-electron chi connectivity index (χ4n) is 3.95. The second-order valence-electron chi connectivity index (χ2n) is 8.19. The topological polar surface area (TPSA) is 81.8 Å². The number of ketones is 1. The van der Waals surface area contributed by atoms with Gasteiger partial charge in [-0.25, -0.2) is 14.1 Å². The predicted octanol–water partition coefficient (Wildman–Crippen LogP) is 4.47. The van der Waals surface area contributed by atoms with Crippen LogP contribution in [0.4, 0.5) is 17.6 Å². The van der Waals surface area contributed by atoms with Crippen LogP contribution in [0.5, 0.6) is 0 Å². The van der Waals surface area contributed by atoms with Gasteiger partial charge in [-0.15, -0.1) is 0 Å². The number of nitrogens with one attached hydrogen (secondary N) is 1. The fourth-order valence-corrected chi connectivity index (χ4v) is 3.95. The summed E-state index contributed by atoms with van der Waals surface area (Å²) in [5.41, 5.74) is 0.0997. The highest BCUT2D eigenvalue weighted by Crippen LogP contribution is 2.31. The summed E-state index contributed by atoms with van der Waals surface area (Å²) >= 11 is 0. The molecule has 1 amide bonds. The first-order chi connectivity index (χ1) is 17.0. The maximum Gasteiger partial charge on any atom is 0.416 e. The van der Waals surface area contributed by atoms with Crippen LogP contribution in [0.25, 0.3) is 5.69 Å². The van der Waals surface area contributed by atoms with E-state index in [4.69, 9.17) is 0 Å². The van der Waals surface area contributed by atoms with Gasteiger partial charge in [0.25, 0.3) is 11.7 Å². The van der Waals surface area contributed by atoms with Crippen LogP contribution in [0.15, 0.2) is 60.9 Å². The Hall–Kier alpha value is -4.28. The smallest absolute Gasteiger partial charge is 0.336 e. The number of benzene rings is 2. The number of imidazole rings is 1. The molecule has 0 saturated carbocycles. The highest BCUT2D eigenvalue weighted by Gasteiger charge is 2.32. The van der Waals surface area contributed by atoms with Crippen LogP contribution in [0, 0.1) is 19.7 Å². The average Bonchev–Trinajstić information content (AvgIpc) is 3.39. The van der Waals surface area contributed by atoms with E-state index in [1.807, 2.05) is 0 Å². The Bertz CT molecular complexity index is 1440. The van der Waals surface area contributed by atoms with Crippen molar-refractivity contribution in [2.75, 3.05) is 0 Å². The number of carbonyl (C=O) groups is 2. The molecule has 1 N–H and O–H groups in total. The van der Waals surface area contributed by atoms with Crippen LogP contribution in [-0.2, 0) is 18.0 Å². The number of rotatable bonds is 6. The molecule has 0 aliphatic rings. The number of alkyl halides is 3. The van der Waals surface area contributed by atoms with Crippen molar-refractivity contribution < 1.29 is 27.2 Å². The zero-order chi connectivity index (χ0) is 26.2. The molecule has 36 heavy (non-hydrogen) atoms. The average molecular weight is 499 g/mol. The third-order valence-electron chi connectivity index (χ3n) is 5.74. The molecule has 1 unspecified atom stereocenters. The Morgan fingerprint density at radius 3 is 2.36 bits per heavy atom. The largest absolute Gasteiger partial charge is 0.416 e. The minimum absolute atomic E-state index is 0.0254. The van der Waals surface area contributed by atoms with E-state index < -0.39 is 35.3 Å². The van der Waals surface area contributed by atoms with Gasteiger partial charge >= 0.3 is 6.18 Å². The van der Waals surface area contributed by atoms with Crippen molar-refractivity contribution in [1.29, 1.82) is 0 Å². The first kappa shape index (κ1) is 24.8. The van der Waals surface area contributed by atoms with E-state index in [-0.39, 0.29) is 22.6 Å². The lowest BCUT2D eigenvalue weighted by molar-refractivity contribution is -0.137. The van der Waals surface area contributed by atoms with Gasteiger partial charge in [0.1, 0.15) is 17.7 Å². The number of amides is 1. The second-order valence-corrected chi connectivity index (χ2v) is 8.19. The predicted molar refractivity (Wildman–Crippen MR) is 122 cm³/mol. The maximum atomic E-state index is 13.5. The molecule has 0 aliphatic heterocycles. The number of hydrogen-bond acceptors (Lipinski definition) is 4. The minimum atomic E-state index is -4.55. The molecular formula is C25H21F4N5O2. The highest BCUT2D eigenvalue weighted by molar-refractivity contribution is 6.43. The monoisotopic (exact) mass is 499 g/mol. The quantitative estimate of drug-likeness (QED) is 0.241. The van der Waals surface area contributed by atoms with Crippen LogP contribution in [-0.4, -0.2) is 31.0 Å². The lowest BCUT2D eigenvalue weighted by atomic mass is 10.0. The first-order valence-electron chi connectivity index (χ1n) is 10.8. The maximum absolute atomic E-state index is 13.5. The van der Waals surface area contributed by atoms with E-state index in [2.05, 4.69) is 15.4 Å². The molecule has 0 radical (unpaired) electrons. The highest BCUT2D eigenvalue weighted by atomic mass is 19.4.